The molecule has 0 aliphatic heterocycles. The van der Waals surface area contributed by atoms with Crippen LogP contribution in [0.5, 0.6) is 0 Å². The molecule has 0 fully saturated rings. The fourth-order valence-electron chi connectivity index (χ4n) is 3.56. The molecule has 37 heavy (non-hydrogen) atoms. The molecular formula is C27H20FN7O2. The molecule has 5 rings (SSSR count). The van der Waals surface area contributed by atoms with Gasteiger partial charge in [-0.1, -0.05) is 54.6 Å². The monoisotopic (exact) mass is 493 g/mol. The molecule has 0 atom stereocenters. The number of carbonyl (C=O) groups excluding carboxylic acids is 2. The van der Waals surface area contributed by atoms with Crippen molar-refractivity contribution in [3.05, 3.63) is 120 Å². The van der Waals surface area contributed by atoms with E-state index in [0.717, 1.165) is 11.3 Å². The van der Waals surface area contributed by atoms with Crippen molar-refractivity contribution in [2.45, 2.75) is 0 Å². The van der Waals surface area contributed by atoms with E-state index in [1.807, 2.05) is 60.7 Å². The average molecular weight is 494 g/mol. The maximum Gasteiger partial charge on any atom is 0.309 e. The molecule has 0 saturated heterocycles. The molecular weight excluding hydrogens is 473 g/mol. The van der Waals surface area contributed by atoms with Gasteiger partial charge in [0, 0.05) is 17.4 Å². The first-order valence-electron chi connectivity index (χ1n) is 11.2. The number of nitrogens with zero attached hydrogens (tertiary/aromatic N) is 4. The van der Waals surface area contributed by atoms with Gasteiger partial charge in [0.05, 0.1) is 11.3 Å². The Morgan fingerprint density at radius 3 is 2.27 bits per heavy atom. The van der Waals surface area contributed by atoms with Gasteiger partial charge in [-0.15, -0.1) is 5.10 Å². The summed E-state index contributed by atoms with van der Waals surface area (Å²) in [4.78, 5) is 34.3. The number of hydrazine groups is 1. The van der Waals surface area contributed by atoms with Crippen molar-refractivity contribution in [3.63, 3.8) is 0 Å². The highest BCUT2D eigenvalue weighted by molar-refractivity contribution is 6.01. The third-order valence-electron chi connectivity index (χ3n) is 5.27. The quantitative estimate of drug-likeness (QED) is 0.304. The van der Waals surface area contributed by atoms with Crippen LogP contribution in [0.4, 0.5) is 15.9 Å². The normalized spacial score (nSPS) is 10.5. The number of carbonyl (C=O) groups is 2. The van der Waals surface area contributed by atoms with Crippen molar-refractivity contribution in [2.75, 3.05) is 5.32 Å². The summed E-state index contributed by atoms with van der Waals surface area (Å²) in [6.07, 6.45) is 1.49. The van der Waals surface area contributed by atoms with Gasteiger partial charge in [-0.05, 0) is 42.5 Å². The van der Waals surface area contributed by atoms with Gasteiger partial charge in [-0.3, -0.25) is 20.4 Å². The summed E-state index contributed by atoms with van der Waals surface area (Å²) < 4.78 is 15.1. The Morgan fingerprint density at radius 1 is 0.784 bits per heavy atom. The molecule has 5 aromatic rings. The molecule has 0 bridgehead atoms. The topological polar surface area (TPSA) is 114 Å². The predicted molar refractivity (Wildman–Crippen MR) is 136 cm³/mol. The first-order chi connectivity index (χ1) is 18.1. The third-order valence-corrected chi connectivity index (χ3v) is 5.27. The van der Waals surface area contributed by atoms with E-state index < -0.39 is 17.6 Å². The number of hydrogen-bond acceptors (Lipinski definition) is 6. The number of amides is 2. The maximum absolute atomic E-state index is 13.5. The second-order valence-electron chi connectivity index (χ2n) is 7.82. The molecule has 2 amide bonds. The molecule has 2 aromatic heterocycles. The Labute approximate surface area is 211 Å². The van der Waals surface area contributed by atoms with E-state index >= 15 is 0 Å². The first-order valence-corrected chi connectivity index (χ1v) is 11.2. The summed E-state index contributed by atoms with van der Waals surface area (Å²) in [5, 5.41) is 7.28. The van der Waals surface area contributed by atoms with Crippen LogP contribution in [-0.2, 0) is 0 Å². The van der Waals surface area contributed by atoms with Gasteiger partial charge in [0.25, 0.3) is 5.91 Å². The van der Waals surface area contributed by atoms with Gasteiger partial charge < -0.3 is 5.32 Å². The van der Waals surface area contributed by atoms with Crippen LogP contribution in [0.2, 0.25) is 0 Å². The molecule has 3 N–H and O–H groups in total. The highest BCUT2D eigenvalue weighted by Crippen LogP contribution is 2.21. The summed E-state index contributed by atoms with van der Waals surface area (Å²) in [6.45, 7) is 0. The maximum atomic E-state index is 13.5. The lowest BCUT2D eigenvalue weighted by Gasteiger charge is -2.11. The van der Waals surface area contributed by atoms with E-state index in [9.17, 15) is 14.0 Å². The lowest BCUT2D eigenvalue weighted by Crippen LogP contribution is -2.42. The zero-order valence-electron chi connectivity index (χ0n) is 19.3. The van der Waals surface area contributed by atoms with E-state index in [-0.39, 0.29) is 17.2 Å². The summed E-state index contributed by atoms with van der Waals surface area (Å²) >= 11 is 0. The Morgan fingerprint density at radius 2 is 1.51 bits per heavy atom. The number of para-hydroxylation sites is 1. The SMILES string of the molecule is O=C(NNC(=O)c1cccnc1Nc1cccc(F)c1)c1nc(-c2ccccc2)n(-c2ccccc2)n1. The van der Waals surface area contributed by atoms with Gasteiger partial charge in [-0.2, -0.15) is 0 Å². The van der Waals surface area contributed by atoms with Crippen LogP contribution in [-0.4, -0.2) is 31.6 Å². The second-order valence-corrected chi connectivity index (χ2v) is 7.82. The number of benzene rings is 3. The van der Waals surface area contributed by atoms with Crippen LogP contribution in [0.3, 0.4) is 0 Å². The molecule has 9 nitrogen and oxygen atoms in total. The van der Waals surface area contributed by atoms with Crippen LogP contribution in [0.15, 0.2) is 103 Å². The molecule has 0 unspecified atom stereocenters. The largest absolute Gasteiger partial charge is 0.339 e. The molecule has 0 saturated carbocycles. The van der Waals surface area contributed by atoms with Crippen LogP contribution in [0.25, 0.3) is 17.1 Å². The highest BCUT2D eigenvalue weighted by atomic mass is 19.1. The van der Waals surface area contributed by atoms with Crippen molar-refractivity contribution < 1.29 is 14.0 Å². The molecule has 3 aromatic carbocycles. The molecule has 0 aliphatic carbocycles. The smallest absolute Gasteiger partial charge is 0.309 e. The van der Waals surface area contributed by atoms with E-state index in [4.69, 9.17) is 0 Å². The molecule has 0 aliphatic rings. The minimum absolute atomic E-state index is 0.132. The van der Waals surface area contributed by atoms with Crippen LogP contribution >= 0.6 is 0 Å². The van der Waals surface area contributed by atoms with Crippen molar-refractivity contribution >= 4 is 23.3 Å². The van der Waals surface area contributed by atoms with Gasteiger partial charge in [0.1, 0.15) is 11.6 Å². The molecule has 0 spiro atoms. The lowest BCUT2D eigenvalue weighted by molar-refractivity contribution is 0.0841. The number of rotatable bonds is 6. The van der Waals surface area contributed by atoms with E-state index in [1.54, 1.807) is 16.8 Å². The van der Waals surface area contributed by atoms with Gasteiger partial charge in [-0.25, -0.2) is 19.0 Å². The number of aromatic nitrogens is 4. The predicted octanol–water partition coefficient (Wildman–Crippen LogP) is 4.29. The summed E-state index contributed by atoms with van der Waals surface area (Å²) in [6, 6.07) is 27.5. The third kappa shape index (κ3) is 5.33. The van der Waals surface area contributed by atoms with E-state index in [2.05, 4.69) is 31.2 Å². The van der Waals surface area contributed by atoms with Crippen molar-refractivity contribution in [1.82, 2.24) is 30.6 Å². The van der Waals surface area contributed by atoms with Crippen LogP contribution in [0.1, 0.15) is 21.0 Å². The summed E-state index contributed by atoms with van der Waals surface area (Å²) in [5.41, 5.74) is 6.76. The first kappa shape index (κ1) is 23.4. The molecule has 182 valence electrons. The highest BCUT2D eigenvalue weighted by Gasteiger charge is 2.20. The fraction of sp³-hybridized carbons (Fsp3) is 0. The van der Waals surface area contributed by atoms with E-state index in [0.29, 0.717) is 11.5 Å². The van der Waals surface area contributed by atoms with Gasteiger partial charge in [0.15, 0.2) is 5.82 Å². The number of pyridine rings is 1. The Kier molecular flexibility index (Phi) is 6.62. The lowest BCUT2D eigenvalue weighted by atomic mass is 10.2. The number of hydrogen-bond donors (Lipinski definition) is 3. The standard InChI is InChI=1S/C27H20FN7O2/c28-19-11-7-12-20(17-19)30-23-22(15-8-16-29-23)26(36)32-33-27(37)24-31-25(18-9-3-1-4-10-18)35(34-24)21-13-5-2-6-14-21/h1-17H,(H,29,30)(H,32,36)(H,33,37). The Balaban J connectivity index is 1.35. The number of halogens is 1. The Bertz CT molecular complexity index is 1500. The minimum atomic E-state index is -0.705. The second kappa shape index (κ2) is 10.5. The Hall–Kier alpha value is -5.38. The van der Waals surface area contributed by atoms with Crippen molar-refractivity contribution in [3.8, 4) is 17.1 Å². The van der Waals surface area contributed by atoms with Crippen molar-refractivity contribution in [2.24, 2.45) is 0 Å². The summed E-state index contributed by atoms with van der Waals surface area (Å²) in [7, 11) is 0. The fourth-order valence-corrected chi connectivity index (χ4v) is 3.56. The van der Waals surface area contributed by atoms with Crippen LogP contribution < -0.4 is 16.2 Å². The van der Waals surface area contributed by atoms with Gasteiger partial charge in [0.2, 0.25) is 5.82 Å². The number of anilines is 2. The minimum Gasteiger partial charge on any atom is -0.339 e. The molecule has 2 heterocycles. The molecule has 10 heteroatoms. The zero-order chi connectivity index (χ0) is 25.6. The van der Waals surface area contributed by atoms with E-state index in [1.165, 1.54) is 30.5 Å². The number of nitrogens with one attached hydrogen (secondary N) is 3. The summed E-state index contributed by atoms with van der Waals surface area (Å²) in [5.74, 6) is -1.24. The molecule has 0 radical (unpaired) electrons. The average Bonchev–Trinajstić information content (AvgIpc) is 3.39. The van der Waals surface area contributed by atoms with Crippen molar-refractivity contribution in [1.29, 1.82) is 0 Å². The zero-order valence-corrected chi connectivity index (χ0v) is 19.3. The van der Waals surface area contributed by atoms with Gasteiger partial charge >= 0.3 is 5.91 Å². The van der Waals surface area contributed by atoms with Crippen LogP contribution in [0, 0.1) is 5.82 Å².